The van der Waals surface area contributed by atoms with Crippen LogP contribution in [-0.2, 0) is 21.3 Å². The molecule has 1 aromatic carbocycles. The number of aliphatic hydroxyl groups is 1. The third kappa shape index (κ3) is 3.68. The van der Waals surface area contributed by atoms with Gasteiger partial charge in [0, 0.05) is 5.92 Å². The molecule has 0 amide bonds. The third-order valence-corrected chi connectivity index (χ3v) is 4.66. The number of hydrogen-bond donors (Lipinski definition) is 1. The van der Waals surface area contributed by atoms with Crippen molar-refractivity contribution in [3.8, 4) is 0 Å². The summed E-state index contributed by atoms with van der Waals surface area (Å²) < 4.78 is 43.7. The molecule has 1 N–H and O–H groups in total. The van der Waals surface area contributed by atoms with Gasteiger partial charge in [-0.2, -0.15) is 13.2 Å². The van der Waals surface area contributed by atoms with Crippen molar-refractivity contribution in [3.63, 3.8) is 0 Å². The number of alkyl halides is 3. The second-order valence-corrected chi connectivity index (χ2v) is 6.13. The molecule has 3 nitrogen and oxygen atoms in total. The van der Waals surface area contributed by atoms with Crippen LogP contribution in [0.4, 0.5) is 13.2 Å². The highest BCUT2D eigenvalue weighted by molar-refractivity contribution is 5.70. The second-order valence-electron chi connectivity index (χ2n) is 6.13. The van der Waals surface area contributed by atoms with Crippen molar-refractivity contribution in [2.45, 2.75) is 44.9 Å². The molecule has 0 bridgehead atoms. The first-order valence-corrected chi connectivity index (χ1v) is 7.74. The van der Waals surface area contributed by atoms with Gasteiger partial charge in [-0.15, -0.1) is 0 Å². The number of hydrogen-bond acceptors (Lipinski definition) is 3. The van der Waals surface area contributed by atoms with Crippen molar-refractivity contribution in [1.29, 1.82) is 0 Å². The standard InChI is InChI=1S/C17H21F3O3/c1-3-23-15(21)10-14-11(2)7-8-16(14,22)12-5-4-6-13(9-12)17(18,19)20/h4-6,9,11,14,22H,3,7-8,10H2,1-2H3/t11-,14+,16-/m1/s1. The van der Waals surface area contributed by atoms with E-state index >= 15 is 0 Å². The molecule has 2 rings (SSSR count). The maximum absolute atomic E-state index is 12.9. The summed E-state index contributed by atoms with van der Waals surface area (Å²) in [5.41, 5.74) is -2.02. The number of esters is 1. The molecule has 0 unspecified atom stereocenters. The molecule has 1 aliphatic carbocycles. The molecule has 0 heterocycles. The molecule has 3 atom stereocenters. The zero-order valence-electron chi connectivity index (χ0n) is 13.2. The highest BCUT2D eigenvalue weighted by atomic mass is 19.4. The van der Waals surface area contributed by atoms with E-state index in [2.05, 4.69) is 0 Å². The van der Waals surface area contributed by atoms with Gasteiger partial charge in [-0.3, -0.25) is 4.79 Å². The average Bonchev–Trinajstić information content (AvgIpc) is 2.76. The van der Waals surface area contributed by atoms with E-state index in [1.54, 1.807) is 6.92 Å². The minimum Gasteiger partial charge on any atom is -0.466 e. The number of carbonyl (C=O) groups is 1. The fraction of sp³-hybridized carbons (Fsp3) is 0.588. The molecular formula is C17H21F3O3. The number of halogens is 3. The average molecular weight is 330 g/mol. The van der Waals surface area contributed by atoms with E-state index in [9.17, 15) is 23.1 Å². The van der Waals surface area contributed by atoms with Gasteiger partial charge in [0.25, 0.3) is 0 Å². The van der Waals surface area contributed by atoms with Crippen molar-refractivity contribution >= 4 is 5.97 Å². The maximum atomic E-state index is 12.9. The molecule has 6 heteroatoms. The van der Waals surface area contributed by atoms with Crippen molar-refractivity contribution in [1.82, 2.24) is 0 Å². The molecule has 1 saturated carbocycles. The Kier molecular flexibility index (Phi) is 5.04. The van der Waals surface area contributed by atoms with E-state index in [0.29, 0.717) is 12.8 Å². The Balaban J connectivity index is 2.33. The van der Waals surface area contributed by atoms with Gasteiger partial charge in [0.05, 0.1) is 24.2 Å². The van der Waals surface area contributed by atoms with Gasteiger partial charge in [-0.1, -0.05) is 19.1 Å². The Bertz CT molecular complexity index is 570. The minimum absolute atomic E-state index is 0.00174. The van der Waals surface area contributed by atoms with Crippen LogP contribution in [0.25, 0.3) is 0 Å². The van der Waals surface area contributed by atoms with Gasteiger partial charge < -0.3 is 9.84 Å². The van der Waals surface area contributed by atoms with Gasteiger partial charge in [-0.25, -0.2) is 0 Å². The van der Waals surface area contributed by atoms with E-state index in [4.69, 9.17) is 4.74 Å². The van der Waals surface area contributed by atoms with Crippen LogP contribution in [0.15, 0.2) is 24.3 Å². The van der Waals surface area contributed by atoms with Crippen LogP contribution in [-0.4, -0.2) is 17.7 Å². The summed E-state index contributed by atoms with van der Waals surface area (Å²) in [7, 11) is 0. The number of ether oxygens (including phenoxy) is 1. The largest absolute Gasteiger partial charge is 0.466 e. The fourth-order valence-electron chi connectivity index (χ4n) is 3.40. The lowest BCUT2D eigenvalue weighted by molar-refractivity contribution is -0.147. The molecule has 1 aliphatic rings. The van der Waals surface area contributed by atoms with Gasteiger partial charge >= 0.3 is 12.1 Å². The highest BCUT2D eigenvalue weighted by Crippen LogP contribution is 2.49. The van der Waals surface area contributed by atoms with Crippen LogP contribution in [0.3, 0.4) is 0 Å². The fourth-order valence-corrected chi connectivity index (χ4v) is 3.40. The van der Waals surface area contributed by atoms with Crippen LogP contribution in [0.5, 0.6) is 0 Å². The summed E-state index contributed by atoms with van der Waals surface area (Å²) in [5, 5.41) is 11.0. The topological polar surface area (TPSA) is 46.5 Å². The minimum atomic E-state index is -4.47. The lowest BCUT2D eigenvalue weighted by Gasteiger charge is -2.32. The van der Waals surface area contributed by atoms with Gasteiger partial charge in [-0.05, 0) is 43.4 Å². The molecule has 0 aliphatic heterocycles. The number of carbonyl (C=O) groups excluding carboxylic acids is 1. The van der Waals surface area contributed by atoms with Crippen molar-refractivity contribution < 1.29 is 27.8 Å². The highest BCUT2D eigenvalue weighted by Gasteiger charge is 2.48. The summed E-state index contributed by atoms with van der Waals surface area (Å²) in [5.74, 6) is -0.861. The lowest BCUT2D eigenvalue weighted by atomic mass is 9.79. The summed E-state index contributed by atoms with van der Waals surface area (Å²) in [6.45, 7) is 3.83. The number of benzene rings is 1. The zero-order chi connectivity index (χ0) is 17.3. The summed E-state index contributed by atoms with van der Waals surface area (Å²) >= 11 is 0. The summed E-state index contributed by atoms with van der Waals surface area (Å²) in [6.07, 6.45) is -3.48. The van der Waals surface area contributed by atoms with Gasteiger partial charge in [0.2, 0.25) is 0 Å². The summed E-state index contributed by atoms with van der Waals surface area (Å²) in [6, 6.07) is 4.74. The monoisotopic (exact) mass is 330 g/mol. The van der Waals surface area contributed by atoms with Crippen LogP contribution in [0, 0.1) is 11.8 Å². The molecule has 128 valence electrons. The van der Waals surface area contributed by atoms with Crippen LogP contribution < -0.4 is 0 Å². The molecule has 1 aromatic rings. The van der Waals surface area contributed by atoms with E-state index < -0.39 is 29.2 Å². The predicted molar refractivity (Wildman–Crippen MR) is 78.5 cm³/mol. The Morgan fingerprint density at radius 3 is 2.74 bits per heavy atom. The first kappa shape index (κ1) is 17.8. The molecular weight excluding hydrogens is 309 g/mol. The van der Waals surface area contributed by atoms with Crippen molar-refractivity contribution in [2.75, 3.05) is 6.61 Å². The normalized spacial score (nSPS) is 27.9. The van der Waals surface area contributed by atoms with Gasteiger partial charge in [0.1, 0.15) is 0 Å². The lowest BCUT2D eigenvalue weighted by Crippen LogP contribution is -2.34. The third-order valence-electron chi connectivity index (χ3n) is 4.66. The van der Waals surface area contributed by atoms with Crippen LogP contribution >= 0.6 is 0 Å². The van der Waals surface area contributed by atoms with E-state index in [0.717, 1.165) is 12.1 Å². The molecule has 23 heavy (non-hydrogen) atoms. The van der Waals surface area contributed by atoms with Crippen LogP contribution in [0.2, 0.25) is 0 Å². The molecule has 0 saturated heterocycles. The molecule has 0 radical (unpaired) electrons. The first-order valence-electron chi connectivity index (χ1n) is 7.74. The van der Waals surface area contributed by atoms with Crippen LogP contribution in [0.1, 0.15) is 44.2 Å². The number of rotatable bonds is 4. The first-order chi connectivity index (χ1) is 10.7. The quantitative estimate of drug-likeness (QED) is 0.852. The van der Waals surface area contributed by atoms with Gasteiger partial charge in [0.15, 0.2) is 0 Å². The Labute approximate surface area is 133 Å². The smallest absolute Gasteiger partial charge is 0.416 e. The predicted octanol–water partition coefficient (Wildman–Crippen LogP) is 3.89. The summed E-state index contributed by atoms with van der Waals surface area (Å²) in [4.78, 5) is 11.8. The maximum Gasteiger partial charge on any atom is 0.416 e. The van der Waals surface area contributed by atoms with E-state index in [1.165, 1.54) is 12.1 Å². The van der Waals surface area contributed by atoms with E-state index in [-0.39, 0.29) is 24.5 Å². The molecule has 0 spiro atoms. The van der Waals surface area contributed by atoms with Crippen molar-refractivity contribution in [2.24, 2.45) is 11.8 Å². The molecule has 1 fully saturated rings. The second kappa shape index (κ2) is 6.51. The zero-order valence-corrected chi connectivity index (χ0v) is 13.2. The Morgan fingerprint density at radius 2 is 2.13 bits per heavy atom. The van der Waals surface area contributed by atoms with E-state index in [1.807, 2.05) is 6.92 Å². The Morgan fingerprint density at radius 1 is 1.43 bits per heavy atom. The Hall–Kier alpha value is -1.56. The SMILES string of the molecule is CCOC(=O)C[C@H]1[C@H](C)CC[C@@]1(O)c1cccc(C(F)(F)F)c1. The molecule has 0 aromatic heterocycles. The van der Waals surface area contributed by atoms with Crippen molar-refractivity contribution in [3.05, 3.63) is 35.4 Å².